The summed E-state index contributed by atoms with van der Waals surface area (Å²) in [7, 11) is 1.57. The fraction of sp³-hybridized carbons (Fsp3) is 0.562. The summed E-state index contributed by atoms with van der Waals surface area (Å²) in [6.07, 6.45) is 3.58. The number of hydrogen-bond acceptors (Lipinski definition) is 3. The van der Waals surface area contributed by atoms with E-state index < -0.39 is 0 Å². The van der Waals surface area contributed by atoms with Crippen LogP contribution in [0.4, 0.5) is 5.69 Å². The molecule has 0 radical (unpaired) electrons. The highest BCUT2D eigenvalue weighted by Gasteiger charge is 2.21. The molecule has 1 aromatic rings. The van der Waals surface area contributed by atoms with Gasteiger partial charge in [-0.15, -0.1) is 0 Å². The summed E-state index contributed by atoms with van der Waals surface area (Å²) in [6, 6.07) is 4.05. The molecule has 0 aromatic heterocycles. The van der Waals surface area contributed by atoms with E-state index in [0.29, 0.717) is 29.0 Å². The quantitative estimate of drug-likeness (QED) is 0.926. The maximum atomic E-state index is 12.2. The second kappa shape index (κ2) is 7.14. The number of carbonyl (C=O) groups excluding carboxylic acids is 1. The van der Waals surface area contributed by atoms with Crippen LogP contribution < -0.4 is 10.1 Å². The minimum Gasteiger partial charge on any atom is -0.495 e. The van der Waals surface area contributed by atoms with Gasteiger partial charge in [-0.05, 0) is 44.9 Å². The number of hydrogen-bond donors (Lipinski definition) is 1. The minimum atomic E-state index is -0.0104. The number of carbonyl (C=O) groups is 1. The van der Waals surface area contributed by atoms with Crippen LogP contribution in [0, 0.1) is 6.92 Å². The lowest BCUT2D eigenvalue weighted by atomic mass is 10.0. The number of likely N-dealkylation sites (tertiary alicyclic amines) is 1. The Kier molecular flexibility index (Phi) is 5.48. The van der Waals surface area contributed by atoms with E-state index in [1.807, 2.05) is 13.0 Å². The van der Waals surface area contributed by atoms with Crippen molar-refractivity contribution in [3.8, 4) is 5.75 Å². The van der Waals surface area contributed by atoms with Crippen molar-refractivity contribution < 1.29 is 9.53 Å². The summed E-state index contributed by atoms with van der Waals surface area (Å²) in [5, 5.41) is 3.57. The first kappa shape index (κ1) is 16.1. The van der Waals surface area contributed by atoms with Crippen LogP contribution in [0.15, 0.2) is 12.1 Å². The molecule has 0 saturated carbocycles. The van der Waals surface area contributed by atoms with Crippen LogP contribution in [0.1, 0.15) is 31.7 Å². The molecular weight excluding hydrogens is 288 g/mol. The Balaban J connectivity index is 2.03. The summed E-state index contributed by atoms with van der Waals surface area (Å²) < 4.78 is 5.28. The van der Waals surface area contributed by atoms with Gasteiger partial charge in [0.2, 0.25) is 5.91 Å². The number of piperidine rings is 1. The summed E-state index contributed by atoms with van der Waals surface area (Å²) in [4.78, 5) is 14.5. The van der Waals surface area contributed by atoms with Crippen molar-refractivity contribution >= 4 is 23.2 Å². The normalized spacial score (nSPS) is 19.3. The molecule has 1 aromatic carbocycles. The Morgan fingerprint density at radius 1 is 1.48 bits per heavy atom. The van der Waals surface area contributed by atoms with Gasteiger partial charge in [-0.1, -0.05) is 18.0 Å². The summed E-state index contributed by atoms with van der Waals surface area (Å²) in [5.74, 6) is 0.578. The van der Waals surface area contributed by atoms with E-state index in [0.717, 1.165) is 18.5 Å². The van der Waals surface area contributed by atoms with Crippen molar-refractivity contribution in [1.29, 1.82) is 0 Å². The zero-order valence-electron chi connectivity index (χ0n) is 12.9. The number of nitrogens with zero attached hydrogens (tertiary/aromatic N) is 1. The Morgan fingerprint density at radius 2 is 2.24 bits per heavy atom. The molecule has 2 rings (SSSR count). The fourth-order valence-electron chi connectivity index (χ4n) is 2.70. The molecule has 0 spiro atoms. The lowest BCUT2D eigenvalue weighted by Gasteiger charge is -2.32. The van der Waals surface area contributed by atoms with Gasteiger partial charge in [0.1, 0.15) is 5.75 Å². The molecule has 4 nitrogen and oxygen atoms in total. The van der Waals surface area contributed by atoms with Crippen LogP contribution >= 0.6 is 11.6 Å². The van der Waals surface area contributed by atoms with E-state index in [1.54, 1.807) is 13.2 Å². The van der Waals surface area contributed by atoms with Crippen LogP contribution in [0.25, 0.3) is 0 Å². The molecule has 1 aliphatic rings. The standard InChI is InChI=1S/C16H23ClN2O2/c1-11-8-14(15(21-3)9-13(11)17)18-16(20)10-19-7-5-4-6-12(19)2/h8-9,12H,4-7,10H2,1-3H3,(H,18,20). The van der Waals surface area contributed by atoms with Crippen molar-refractivity contribution in [1.82, 2.24) is 4.90 Å². The van der Waals surface area contributed by atoms with Crippen LogP contribution in [0.2, 0.25) is 5.02 Å². The van der Waals surface area contributed by atoms with Gasteiger partial charge >= 0.3 is 0 Å². The van der Waals surface area contributed by atoms with Crippen molar-refractivity contribution in [3.63, 3.8) is 0 Å². The predicted molar refractivity (Wildman–Crippen MR) is 86.3 cm³/mol. The van der Waals surface area contributed by atoms with Crippen molar-refractivity contribution in [2.24, 2.45) is 0 Å². The third-order valence-corrected chi connectivity index (χ3v) is 4.45. The molecule has 1 unspecified atom stereocenters. The van der Waals surface area contributed by atoms with E-state index in [4.69, 9.17) is 16.3 Å². The average Bonchev–Trinajstić information content (AvgIpc) is 2.45. The fourth-order valence-corrected chi connectivity index (χ4v) is 2.85. The summed E-state index contributed by atoms with van der Waals surface area (Å²) in [5.41, 5.74) is 1.59. The highest BCUT2D eigenvalue weighted by molar-refractivity contribution is 6.31. The van der Waals surface area contributed by atoms with Crippen LogP contribution in [0.3, 0.4) is 0 Å². The first-order valence-corrected chi connectivity index (χ1v) is 7.77. The third-order valence-electron chi connectivity index (χ3n) is 4.04. The molecule has 1 aliphatic heterocycles. The minimum absolute atomic E-state index is 0.0104. The van der Waals surface area contributed by atoms with Gasteiger partial charge in [0.05, 0.1) is 19.3 Å². The second-order valence-corrected chi connectivity index (χ2v) is 6.07. The molecule has 21 heavy (non-hydrogen) atoms. The Bertz CT molecular complexity index is 519. The smallest absolute Gasteiger partial charge is 0.238 e. The van der Waals surface area contributed by atoms with Gasteiger partial charge in [-0.2, -0.15) is 0 Å². The molecule has 1 fully saturated rings. The molecule has 1 heterocycles. The number of nitrogens with one attached hydrogen (secondary N) is 1. The zero-order valence-corrected chi connectivity index (χ0v) is 13.7. The van der Waals surface area contributed by atoms with Gasteiger partial charge in [0.25, 0.3) is 0 Å². The molecule has 116 valence electrons. The van der Waals surface area contributed by atoms with Gasteiger partial charge in [0.15, 0.2) is 0 Å². The van der Waals surface area contributed by atoms with E-state index in [-0.39, 0.29) is 5.91 Å². The van der Waals surface area contributed by atoms with Gasteiger partial charge < -0.3 is 10.1 Å². The first-order chi connectivity index (χ1) is 10.0. The van der Waals surface area contributed by atoms with Gasteiger partial charge in [0, 0.05) is 17.1 Å². The number of anilines is 1. The summed E-state index contributed by atoms with van der Waals surface area (Å²) in [6.45, 7) is 5.50. The number of aryl methyl sites for hydroxylation is 1. The molecule has 1 amide bonds. The number of methoxy groups -OCH3 is 1. The molecule has 0 bridgehead atoms. The van der Waals surface area contributed by atoms with Crippen molar-refractivity contribution in [2.45, 2.75) is 39.2 Å². The van der Waals surface area contributed by atoms with Crippen LogP contribution in [-0.2, 0) is 4.79 Å². The van der Waals surface area contributed by atoms with Crippen LogP contribution in [-0.4, -0.2) is 37.0 Å². The highest BCUT2D eigenvalue weighted by Crippen LogP contribution is 2.31. The zero-order chi connectivity index (χ0) is 15.4. The highest BCUT2D eigenvalue weighted by atomic mass is 35.5. The number of ether oxygens (including phenoxy) is 1. The lowest BCUT2D eigenvalue weighted by molar-refractivity contribution is -0.118. The van der Waals surface area contributed by atoms with Gasteiger partial charge in [-0.3, -0.25) is 9.69 Å². The molecule has 1 N–H and O–H groups in total. The number of halogens is 1. The Labute approximate surface area is 131 Å². The monoisotopic (exact) mass is 310 g/mol. The molecule has 1 saturated heterocycles. The SMILES string of the molecule is COc1cc(Cl)c(C)cc1NC(=O)CN1CCCCC1C. The van der Waals surface area contributed by atoms with E-state index in [1.165, 1.54) is 12.8 Å². The van der Waals surface area contributed by atoms with E-state index in [2.05, 4.69) is 17.1 Å². The Morgan fingerprint density at radius 3 is 2.90 bits per heavy atom. The molecule has 1 atom stereocenters. The molecular formula is C16H23ClN2O2. The molecule has 0 aliphatic carbocycles. The van der Waals surface area contributed by atoms with Crippen LogP contribution in [0.5, 0.6) is 5.75 Å². The third kappa shape index (κ3) is 4.11. The maximum Gasteiger partial charge on any atom is 0.238 e. The Hall–Kier alpha value is -1.26. The summed E-state index contributed by atoms with van der Waals surface area (Å²) >= 11 is 6.07. The van der Waals surface area contributed by atoms with Crippen molar-refractivity contribution in [3.05, 3.63) is 22.7 Å². The number of rotatable bonds is 4. The number of amides is 1. The van der Waals surface area contributed by atoms with E-state index >= 15 is 0 Å². The van der Waals surface area contributed by atoms with Crippen molar-refractivity contribution in [2.75, 3.05) is 25.5 Å². The second-order valence-electron chi connectivity index (χ2n) is 5.67. The number of benzene rings is 1. The van der Waals surface area contributed by atoms with E-state index in [9.17, 15) is 4.79 Å². The van der Waals surface area contributed by atoms with Gasteiger partial charge in [-0.25, -0.2) is 0 Å². The lowest BCUT2D eigenvalue weighted by Crippen LogP contribution is -2.42. The maximum absolute atomic E-state index is 12.2. The topological polar surface area (TPSA) is 41.6 Å². The predicted octanol–water partition coefficient (Wildman–Crippen LogP) is 3.47. The average molecular weight is 311 g/mol. The largest absolute Gasteiger partial charge is 0.495 e. The first-order valence-electron chi connectivity index (χ1n) is 7.39. The molecule has 5 heteroatoms.